The molecule has 2 nitrogen and oxygen atoms in total. The van der Waals surface area contributed by atoms with Crippen LogP contribution in [0.1, 0.15) is 33.6 Å². The normalized spacial score (nSPS) is 27.6. The summed E-state index contributed by atoms with van der Waals surface area (Å²) in [6, 6.07) is 24.2. The fourth-order valence-corrected chi connectivity index (χ4v) is 9.73. The summed E-state index contributed by atoms with van der Waals surface area (Å²) in [7, 11) is -2.44. The number of nitrogens with zero attached hydrogens (tertiary/aromatic N) is 1. The summed E-state index contributed by atoms with van der Waals surface area (Å²) in [5.41, 5.74) is 0. The van der Waals surface area contributed by atoms with Crippen molar-refractivity contribution in [2.75, 3.05) is 0 Å². The van der Waals surface area contributed by atoms with Crippen LogP contribution in [-0.2, 0) is 4.43 Å². The van der Waals surface area contributed by atoms with Crippen molar-refractivity contribution in [3.8, 4) is 6.07 Å². The van der Waals surface area contributed by atoms with Gasteiger partial charge in [0.2, 0.25) is 0 Å². The molecule has 134 valence electrons. The summed E-state index contributed by atoms with van der Waals surface area (Å²) in [6.07, 6.45) is 2.38. The fraction of sp³-hybridized carbons (Fsp3) is 0.435. The van der Waals surface area contributed by atoms with Crippen molar-refractivity contribution < 1.29 is 4.43 Å². The van der Waals surface area contributed by atoms with E-state index in [1.807, 2.05) is 0 Å². The lowest BCUT2D eigenvalue weighted by molar-refractivity contribution is 0.177. The average Bonchev–Trinajstić information content (AvgIpc) is 3.12. The molecular formula is C23H27NOSi. The third-order valence-electron chi connectivity index (χ3n) is 6.31. The molecule has 2 aliphatic rings. The third-order valence-corrected chi connectivity index (χ3v) is 11.4. The lowest BCUT2D eigenvalue weighted by Gasteiger charge is -2.45. The van der Waals surface area contributed by atoms with Crippen LogP contribution in [0.3, 0.4) is 0 Å². The van der Waals surface area contributed by atoms with Gasteiger partial charge in [0, 0.05) is 6.10 Å². The van der Waals surface area contributed by atoms with Gasteiger partial charge in [-0.25, -0.2) is 0 Å². The van der Waals surface area contributed by atoms with Crippen LogP contribution in [0, 0.1) is 29.1 Å². The predicted molar refractivity (Wildman–Crippen MR) is 108 cm³/mol. The third kappa shape index (κ3) is 2.73. The molecule has 0 heterocycles. The molecule has 26 heavy (non-hydrogen) atoms. The SMILES string of the molecule is CC(C)(C)[Si](OC1C[C@@H]2[C@@H](C#N)[C@@H]2C1)(c1ccccc1)c1ccccc1. The van der Waals surface area contributed by atoms with Crippen LogP contribution >= 0.6 is 0 Å². The van der Waals surface area contributed by atoms with Gasteiger partial charge in [-0.2, -0.15) is 5.26 Å². The molecule has 0 spiro atoms. The summed E-state index contributed by atoms with van der Waals surface area (Å²) in [5, 5.41) is 11.9. The summed E-state index contributed by atoms with van der Waals surface area (Å²) in [5.74, 6) is 1.43. The average molecular weight is 362 g/mol. The molecule has 0 bridgehead atoms. The van der Waals surface area contributed by atoms with Crippen LogP contribution in [0.25, 0.3) is 0 Å². The molecule has 4 atom stereocenters. The number of hydrogen-bond acceptors (Lipinski definition) is 2. The molecule has 0 amide bonds. The number of benzene rings is 2. The first-order chi connectivity index (χ1) is 12.5. The first-order valence-electron chi connectivity index (χ1n) is 9.66. The van der Waals surface area contributed by atoms with Gasteiger partial charge >= 0.3 is 0 Å². The van der Waals surface area contributed by atoms with E-state index in [-0.39, 0.29) is 17.1 Å². The molecule has 2 aliphatic carbocycles. The van der Waals surface area contributed by atoms with Gasteiger partial charge < -0.3 is 4.43 Å². The number of fused-ring (bicyclic) bond motifs is 1. The van der Waals surface area contributed by atoms with Crippen molar-refractivity contribution >= 4 is 18.7 Å². The van der Waals surface area contributed by atoms with E-state index in [4.69, 9.17) is 4.43 Å². The second-order valence-electron chi connectivity index (χ2n) is 8.86. The van der Waals surface area contributed by atoms with Crippen molar-refractivity contribution in [1.29, 1.82) is 5.26 Å². The molecule has 2 fully saturated rings. The summed E-state index contributed by atoms with van der Waals surface area (Å²) < 4.78 is 7.16. The van der Waals surface area contributed by atoms with Crippen molar-refractivity contribution in [3.63, 3.8) is 0 Å². The Morgan fingerprint density at radius 1 is 0.885 bits per heavy atom. The van der Waals surface area contributed by atoms with Crippen molar-refractivity contribution in [1.82, 2.24) is 0 Å². The topological polar surface area (TPSA) is 33.0 Å². The predicted octanol–water partition coefficient (Wildman–Crippen LogP) is 4.11. The zero-order valence-electron chi connectivity index (χ0n) is 15.9. The van der Waals surface area contributed by atoms with E-state index in [2.05, 4.69) is 87.5 Å². The fourth-order valence-electron chi connectivity index (χ4n) is 5.02. The molecule has 0 saturated heterocycles. The molecule has 4 rings (SSSR count). The maximum Gasteiger partial charge on any atom is 0.261 e. The van der Waals surface area contributed by atoms with Gasteiger partial charge in [-0.3, -0.25) is 0 Å². The van der Waals surface area contributed by atoms with Crippen LogP contribution in [0.4, 0.5) is 0 Å². The number of nitriles is 1. The number of hydrogen-bond donors (Lipinski definition) is 0. The Hall–Kier alpha value is -1.89. The summed E-state index contributed by atoms with van der Waals surface area (Å²) in [4.78, 5) is 0. The van der Waals surface area contributed by atoms with E-state index in [0.29, 0.717) is 11.8 Å². The van der Waals surface area contributed by atoms with E-state index >= 15 is 0 Å². The van der Waals surface area contributed by atoms with Crippen molar-refractivity contribution in [2.24, 2.45) is 17.8 Å². The lowest BCUT2D eigenvalue weighted by atomic mass is 10.1. The highest BCUT2D eigenvalue weighted by atomic mass is 28.4. The van der Waals surface area contributed by atoms with Gasteiger partial charge in [0.15, 0.2) is 0 Å². The van der Waals surface area contributed by atoms with Crippen LogP contribution in [-0.4, -0.2) is 14.4 Å². The first kappa shape index (κ1) is 17.5. The van der Waals surface area contributed by atoms with E-state index in [1.54, 1.807) is 0 Å². The highest BCUT2D eigenvalue weighted by molar-refractivity contribution is 6.99. The Balaban J connectivity index is 1.75. The summed E-state index contributed by atoms with van der Waals surface area (Å²) in [6.45, 7) is 6.98. The minimum Gasteiger partial charge on any atom is -0.404 e. The molecule has 0 aromatic heterocycles. The largest absolute Gasteiger partial charge is 0.404 e. The van der Waals surface area contributed by atoms with Crippen LogP contribution in [0.15, 0.2) is 60.7 Å². The minimum absolute atomic E-state index is 0.0249. The minimum atomic E-state index is -2.44. The molecule has 3 heteroatoms. The smallest absolute Gasteiger partial charge is 0.261 e. The van der Waals surface area contributed by atoms with Crippen LogP contribution in [0.5, 0.6) is 0 Å². The highest BCUT2D eigenvalue weighted by Crippen LogP contribution is 2.58. The van der Waals surface area contributed by atoms with Crippen LogP contribution < -0.4 is 10.4 Å². The van der Waals surface area contributed by atoms with Gasteiger partial charge in [-0.05, 0) is 40.1 Å². The van der Waals surface area contributed by atoms with E-state index in [1.165, 1.54) is 10.4 Å². The monoisotopic (exact) mass is 361 g/mol. The molecule has 2 aromatic rings. The molecule has 2 saturated carbocycles. The Morgan fingerprint density at radius 2 is 1.35 bits per heavy atom. The molecular weight excluding hydrogens is 334 g/mol. The maximum atomic E-state index is 9.23. The molecule has 0 aliphatic heterocycles. The second kappa shape index (κ2) is 6.37. The van der Waals surface area contributed by atoms with E-state index in [0.717, 1.165) is 12.8 Å². The maximum absolute atomic E-state index is 9.23. The van der Waals surface area contributed by atoms with E-state index < -0.39 is 8.32 Å². The van der Waals surface area contributed by atoms with Gasteiger partial charge in [0.1, 0.15) is 0 Å². The quantitative estimate of drug-likeness (QED) is 0.768. The van der Waals surface area contributed by atoms with Gasteiger partial charge in [0.05, 0.1) is 12.0 Å². The Kier molecular flexibility index (Phi) is 4.29. The van der Waals surface area contributed by atoms with Gasteiger partial charge in [-0.15, -0.1) is 0 Å². The standard InChI is InChI=1S/C23H27NOSi/c1-23(2,3)26(18-10-6-4-7-11-18,19-12-8-5-9-13-19)25-17-14-20-21(15-17)22(20)16-24/h4-13,17,20-22H,14-15H2,1-3H3/t17?,20-,21+,22+. The van der Waals surface area contributed by atoms with Gasteiger partial charge in [-0.1, -0.05) is 81.4 Å². The second-order valence-corrected chi connectivity index (χ2v) is 13.1. The summed E-state index contributed by atoms with van der Waals surface area (Å²) >= 11 is 0. The Labute approximate surface area is 158 Å². The van der Waals surface area contributed by atoms with Crippen molar-refractivity contribution in [2.45, 2.75) is 44.8 Å². The van der Waals surface area contributed by atoms with Crippen molar-refractivity contribution in [3.05, 3.63) is 60.7 Å². The van der Waals surface area contributed by atoms with E-state index in [9.17, 15) is 5.26 Å². The Morgan fingerprint density at radius 3 is 1.73 bits per heavy atom. The first-order valence-corrected chi connectivity index (χ1v) is 11.6. The van der Waals surface area contributed by atoms with Crippen LogP contribution in [0.2, 0.25) is 5.04 Å². The Bertz CT molecular complexity index is 754. The number of rotatable bonds is 4. The lowest BCUT2D eigenvalue weighted by Crippen LogP contribution is -2.67. The molecule has 2 aromatic carbocycles. The zero-order chi connectivity index (χ0) is 18.4. The molecule has 0 N–H and O–H groups in total. The van der Waals surface area contributed by atoms with Gasteiger partial charge in [0.25, 0.3) is 8.32 Å². The highest BCUT2D eigenvalue weighted by Gasteiger charge is 2.59. The zero-order valence-corrected chi connectivity index (χ0v) is 16.9. The molecule has 1 unspecified atom stereocenters. The molecule has 0 radical (unpaired) electrons.